The molecule has 0 aliphatic rings. The van der Waals surface area contributed by atoms with Crippen LogP contribution < -0.4 is 0 Å². The van der Waals surface area contributed by atoms with Crippen molar-refractivity contribution < 1.29 is 15.0 Å². The number of rotatable bonds is 5. The zero-order chi connectivity index (χ0) is 14.9. The standard InChI is InChI=1S/C16H21NO3/c1-10(2)17-9-12(5-4-6-18)14-8-13(16(19)20)7-11(3)15(14)17/h7-10,18H,4-6H2,1-3H3,(H,19,20). The molecule has 0 bridgehead atoms. The highest BCUT2D eigenvalue weighted by Gasteiger charge is 2.15. The fraction of sp³-hybridized carbons (Fsp3) is 0.438. The van der Waals surface area contributed by atoms with Gasteiger partial charge in [-0.25, -0.2) is 4.79 Å². The quantitative estimate of drug-likeness (QED) is 0.881. The van der Waals surface area contributed by atoms with Gasteiger partial charge in [-0.2, -0.15) is 0 Å². The Morgan fingerprint density at radius 2 is 2.05 bits per heavy atom. The van der Waals surface area contributed by atoms with E-state index in [4.69, 9.17) is 5.11 Å². The zero-order valence-corrected chi connectivity index (χ0v) is 12.2. The normalized spacial score (nSPS) is 11.4. The Bertz CT molecular complexity index is 641. The van der Waals surface area contributed by atoms with E-state index in [1.165, 1.54) is 0 Å². The Hall–Kier alpha value is -1.81. The largest absolute Gasteiger partial charge is 0.478 e. The number of aromatic nitrogens is 1. The molecule has 0 radical (unpaired) electrons. The Morgan fingerprint density at radius 3 is 2.60 bits per heavy atom. The predicted molar refractivity (Wildman–Crippen MR) is 79.4 cm³/mol. The summed E-state index contributed by atoms with van der Waals surface area (Å²) in [6.07, 6.45) is 3.53. The monoisotopic (exact) mass is 275 g/mol. The fourth-order valence-corrected chi connectivity index (χ4v) is 2.67. The molecular formula is C16H21NO3. The van der Waals surface area contributed by atoms with Crippen molar-refractivity contribution in [2.45, 2.75) is 39.7 Å². The molecule has 108 valence electrons. The second-order valence-corrected chi connectivity index (χ2v) is 5.48. The first kappa shape index (κ1) is 14.6. The Balaban J connectivity index is 2.69. The minimum absolute atomic E-state index is 0.145. The van der Waals surface area contributed by atoms with Gasteiger partial charge in [0, 0.05) is 24.2 Å². The minimum atomic E-state index is -0.902. The molecule has 0 aliphatic carbocycles. The highest BCUT2D eigenvalue weighted by Crippen LogP contribution is 2.29. The molecule has 0 amide bonds. The van der Waals surface area contributed by atoms with Crippen molar-refractivity contribution in [3.05, 3.63) is 35.0 Å². The average molecular weight is 275 g/mol. The fourth-order valence-electron chi connectivity index (χ4n) is 2.67. The van der Waals surface area contributed by atoms with Gasteiger partial charge < -0.3 is 14.8 Å². The molecule has 1 aromatic heterocycles. The third-order valence-electron chi connectivity index (χ3n) is 3.61. The summed E-state index contributed by atoms with van der Waals surface area (Å²) in [5, 5.41) is 19.2. The lowest BCUT2D eigenvalue weighted by molar-refractivity contribution is 0.0697. The molecule has 0 saturated heterocycles. The maximum atomic E-state index is 11.2. The maximum Gasteiger partial charge on any atom is 0.335 e. The molecule has 20 heavy (non-hydrogen) atoms. The number of fused-ring (bicyclic) bond motifs is 1. The summed E-state index contributed by atoms with van der Waals surface area (Å²) in [6.45, 7) is 6.31. The first-order chi connectivity index (χ1) is 9.45. The number of aliphatic hydroxyl groups is 1. The topological polar surface area (TPSA) is 62.5 Å². The highest BCUT2D eigenvalue weighted by atomic mass is 16.4. The molecule has 0 fully saturated rings. The van der Waals surface area contributed by atoms with Gasteiger partial charge in [-0.15, -0.1) is 0 Å². The lowest BCUT2D eigenvalue weighted by atomic mass is 10.0. The van der Waals surface area contributed by atoms with Gasteiger partial charge in [0.05, 0.1) is 11.1 Å². The van der Waals surface area contributed by atoms with Crippen LogP contribution >= 0.6 is 0 Å². The van der Waals surface area contributed by atoms with E-state index in [1.807, 2.05) is 6.92 Å². The number of benzene rings is 1. The van der Waals surface area contributed by atoms with E-state index in [0.29, 0.717) is 18.0 Å². The van der Waals surface area contributed by atoms with Gasteiger partial charge >= 0.3 is 5.97 Å². The molecule has 1 aromatic carbocycles. The van der Waals surface area contributed by atoms with Crippen molar-refractivity contribution in [2.24, 2.45) is 0 Å². The molecule has 2 aromatic rings. The number of aryl methyl sites for hydroxylation is 2. The summed E-state index contributed by atoms with van der Waals surface area (Å²) in [6, 6.07) is 3.78. The van der Waals surface area contributed by atoms with E-state index in [9.17, 15) is 9.90 Å². The van der Waals surface area contributed by atoms with Crippen molar-refractivity contribution in [3.8, 4) is 0 Å². The number of hydrogen-bond donors (Lipinski definition) is 2. The number of aliphatic hydroxyl groups excluding tert-OH is 1. The maximum absolute atomic E-state index is 11.2. The molecule has 4 heteroatoms. The van der Waals surface area contributed by atoms with Crippen molar-refractivity contribution in [3.63, 3.8) is 0 Å². The van der Waals surface area contributed by atoms with Crippen LogP contribution in [0.2, 0.25) is 0 Å². The van der Waals surface area contributed by atoms with E-state index < -0.39 is 5.97 Å². The molecule has 0 atom stereocenters. The van der Waals surface area contributed by atoms with E-state index in [-0.39, 0.29) is 6.61 Å². The van der Waals surface area contributed by atoms with Crippen LogP contribution in [-0.4, -0.2) is 27.4 Å². The Kier molecular flexibility index (Phi) is 4.14. The van der Waals surface area contributed by atoms with Crippen LogP contribution in [0.25, 0.3) is 10.9 Å². The third-order valence-corrected chi connectivity index (χ3v) is 3.61. The number of carboxylic acids is 1. The molecule has 0 spiro atoms. The summed E-state index contributed by atoms with van der Waals surface area (Å²) in [5.41, 5.74) is 3.50. The van der Waals surface area contributed by atoms with Crippen LogP contribution in [0.3, 0.4) is 0 Å². The molecule has 2 N–H and O–H groups in total. The van der Waals surface area contributed by atoms with Crippen LogP contribution in [0.1, 0.15) is 47.8 Å². The van der Waals surface area contributed by atoms with Crippen molar-refractivity contribution in [1.82, 2.24) is 4.57 Å². The third kappa shape index (κ3) is 2.56. The first-order valence-electron chi connectivity index (χ1n) is 6.94. The molecule has 0 unspecified atom stereocenters. The van der Waals surface area contributed by atoms with E-state index in [0.717, 1.165) is 28.5 Å². The van der Waals surface area contributed by atoms with E-state index in [1.54, 1.807) is 12.1 Å². The lowest BCUT2D eigenvalue weighted by Crippen LogP contribution is -2.01. The number of carbonyl (C=O) groups is 1. The van der Waals surface area contributed by atoms with Gasteiger partial charge in [0.2, 0.25) is 0 Å². The average Bonchev–Trinajstić information content (AvgIpc) is 2.75. The SMILES string of the molecule is Cc1cc(C(=O)O)cc2c(CCCO)cn(C(C)C)c12. The smallest absolute Gasteiger partial charge is 0.335 e. The van der Waals surface area contributed by atoms with Gasteiger partial charge in [-0.3, -0.25) is 0 Å². The zero-order valence-electron chi connectivity index (χ0n) is 12.2. The summed E-state index contributed by atoms with van der Waals surface area (Å²) < 4.78 is 2.18. The molecular weight excluding hydrogens is 254 g/mol. The number of nitrogens with zero attached hydrogens (tertiary/aromatic N) is 1. The summed E-state index contributed by atoms with van der Waals surface area (Å²) in [5.74, 6) is -0.902. The van der Waals surface area contributed by atoms with Crippen LogP contribution in [0, 0.1) is 6.92 Å². The number of hydrogen-bond acceptors (Lipinski definition) is 2. The van der Waals surface area contributed by atoms with Crippen molar-refractivity contribution in [1.29, 1.82) is 0 Å². The molecule has 1 heterocycles. The second-order valence-electron chi connectivity index (χ2n) is 5.48. The van der Waals surface area contributed by atoms with E-state index in [2.05, 4.69) is 24.6 Å². The van der Waals surface area contributed by atoms with Gasteiger partial charge in [-0.1, -0.05) is 0 Å². The first-order valence-corrected chi connectivity index (χ1v) is 6.94. The number of aromatic carboxylic acids is 1. The molecule has 0 aliphatic heterocycles. The Labute approximate surface area is 118 Å². The van der Waals surface area contributed by atoms with Gasteiger partial charge in [0.15, 0.2) is 0 Å². The van der Waals surface area contributed by atoms with E-state index >= 15 is 0 Å². The summed E-state index contributed by atoms with van der Waals surface area (Å²) >= 11 is 0. The second kappa shape index (κ2) is 5.67. The lowest BCUT2D eigenvalue weighted by Gasteiger charge is -2.11. The minimum Gasteiger partial charge on any atom is -0.478 e. The van der Waals surface area contributed by atoms with Crippen LogP contribution in [0.5, 0.6) is 0 Å². The summed E-state index contributed by atoms with van der Waals surface area (Å²) in [7, 11) is 0. The van der Waals surface area contributed by atoms with Crippen LogP contribution in [-0.2, 0) is 6.42 Å². The molecule has 2 rings (SSSR count). The van der Waals surface area contributed by atoms with Crippen LogP contribution in [0.4, 0.5) is 0 Å². The highest BCUT2D eigenvalue weighted by molar-refractivity contribution is 5.96. The Morgan fingerprint density at radius 1 is 1.35 bits per heavy atom. The van der Waals surface area contributed by atoms with Crippen LogP contribution in [0.15, 0.2) is 18.3 Å². The van der Waals surface area contributed by atoms with Gasteiger partial charge in [0.1, 0.15) is 0 Å². The van der Waals surface area contributed by atoms with Crippen molar-refractivity contribution >= 4 is 16.9 Å². The molecule has 4 nitrogen and oxygen atoms in total. The summed E-state index contributed by atoms with van der Waals surface area (Å²) in [4.78, 5) is 11.2. The molecule has 0 saturated carbocycles. The van der Waals surface area contributed by atoms with Crippen molar-refractivity contribution in [2.75, 3.05) is 6.61 Å². The van der Waals surface area contributed by atoms with Gasteiger partial charge in [-0.05, 0) is 56.9 Å². The predicted octanol–water partition coefficient (Wildman–Crippen LogP) is 3.15. The van der Waals surface area contributed by atoms with Gasteiger partial charge in [0.25, 0.3) is 0 Å². The number of carboxylic acid groups (broad SMARTS) is 1.